The maximum atomic E-state index is 12.0. The molecule has 1 aliphatic carbocycles. The van der Waals surface area contributed by atoms with Gasteiger partial charge in [0.05, 0.1) is 11.0 Å². The van der Waals surface area contributed by atoms with Crippen molar-refractivity contribution in [1.82, 2.24) is 25.1 Å². The molecule has 2 aromatic rings. The number of hydrogen-bond donors (Lipinski definition) is 2. The molecule has 2 N–H and O–H groups in total. The number of nitrogens with one attached hydrogen (secondary N) is 2. The minimum atomic E-state index is 0. The van der Waals surface area contributed by atoms with Crippen molar-refractivity contribution in [3.05, 3.63) is 30.1 Å². The molecule has 1 heterocycles. The Morgan fingerprint density at radius 1 is 1.19 bits per heavy atom. The number of nitrogens with zero attached hydrogens (tertiary/aromatic N) is 4. The molecule has 0 atom stereocenters. The number of benzene rings is 1. The second-order valence-corrected chi connectivity index (χ2v) is 8.42. The van der Waals surface area contributed by atoms with Gasteiger partial charge in [0.15, 0.2) is 5.96 Å². The molecule has 172 valence electrons. The lowest BCUT2D eigenvalue weighted by Crippen LogP contribution is -2.41. The van der Waals surface area contributed by atoms with Crippen LogP contribution in [0.15, 0.2) is 29.3 Å². The molecule has 1 amide bonds. The third kappa shape index (κ3) is 7.66. The van der Waals surface area contributed by atoms with Crippen molar-refractivity contribution in [1.29, 1.82) is 0 Å². The Morgan fingerprint density at radius 3 is 2.68 bits per heavy atom. The highest BCUT2D eigenvalue weighted by Gasteiger charge is 2.14. The van der Waals surface area contributed by atoms with Gasteiger partial charge in [-0.15, -0.1) is 24.0 Å². The molecular formula is C23H37IN6O. The third-order valence-corrected chi connectivity index (χ3v) is 5.85. The van der Waals surface area contributed by atoms with E-state index in [1.165, 1.54) is 37.6 Å². The van der Waals surface area contributed by atoms with E-state index in [1.54, 1.807) is 19.0 Å². The van der Waals surface area contributed by atoms with Gasteiger partial charge in [0.25, 0.3) is 0 Å². The minimum Gasteiger partial charge on any atom is -0.356 e. The van der Waals surface area contributed by atoms with Crippen molar-refractivity contribution in [2.45, 2.75) is 52.0 Å². The second-order valence-electron chi connectivity index (χ2n) is 8.42. The molecule has 0 radical (unpaired) electrons. The van der Waals surface area contributed by atoms with Crippen LogP contribution >= 0.6 is 24.0 Å². The number of amides is 1. The largest absolute Gasteiger partial charge is 0.356 e. The van der Waals surface area contributed by atoms with Gasteiger partial charge in [-0.1, -0.05) is 31.4 Å². The summed E-state index contributed by atoms with van der Waals surface area (Å²) in [6.07, 6.45) is 7.52. The molecule has 1 aromatic carbocycles. The van der Waals surface area contributed by atoms with Crippen LogP contribution in [0.3, 0.4) is 0 Å². The highest BCUT2D eigenvalue weighted by molar-refractivity contribution is 14.0. The number of para-hydroxylation sites is 2. The number of carbonyl (C=O) groups excluding carboxylic acids is 1. The lowest BCUT2D eigenvalue weighted by atomic mass is 9.89. The molecule has 0 aliphatic heterocycles. The molecule has 8 heteroatoms. The van der Waals surface area contributed by atoms with Crippen LogP contribution in [0.4, 0.5) is 0 Å². The van der Waals surface area contributed by atoms with Crippen LogP contribution in [-0.2, 0) is 11.3 Å². The first-order valence-electron chi connectivity index (χ1n) is 11.2. The number of hydrogen-bond acceptors (Lipinski definition) is 3. The van der Waals surface area contributed by atoms with Crippen molar-refractivity contribution in [3.63, 3.8) is 0 Å². The Balaban J connectivity index is 0.00000341. The summed E-state index contributed by atoms with van der Waals surface area (Å²) < 4.78 is 2.26. The molecular weight excluding hydrogens is 503 g/mol. The van der Waals surface area contributed by atoms with Gasteiger partial charge < -0.3 is 20.1 Å². The second kappa shape index (κ2) is 12.9. The van der Waals surface area contributed by atoms with Crippen LogP contribution < -0.4 is 10.6 Å². The van der Waals surface area contributed by atoms with E-state index in [0.29, 0.717) is 5.92 Å². The average molecular weight is 540 g/mol. The minimum absolute atomic E-state index is 0. The summed E-state index contributed by atoms with van der Waals surface area (Å²) in [6.45, 7) is 4.83. The van der Waals surface area contributed by atoms with Gasteiger partial charge in [-0.2, -0.15) is 0 Å². The van der Waals surface area contributed by atoms with E-state index in [9.17, 15) is 4.79 Å². The molecule has 1 fully saturated rings. The molecule has 0 spiro atoms. The van der Waals surface area contributed by atoms with E-state index in [0.717, 1.165) is 43.4 Å². The van der Waals surface area contributed by atoms with E-state index in [4.69, 9.17) is 0 Å². The predicted molar refractivity (Wildman–Crippen MR) is 138 cm³/mol. The smallest absolute Gasteiger partial charge is 0.243 e. The van der Waals surface area contributed by atoms with Crippen LogP contribution in [0.2, 0.25) is 0 Å². The Labute approximate surface area is 203 Å². The average Bonchev–Trinajstić information content (AvgIpc) is 3.07. The highest BCUT2D eigenvalue weighted by Crippen LogP contribution is 2.22. The summed E-state index contributed by atoms with van der Waals surface area (Å²) in [5, 5.41) is 6.89. The van der Waals surface area contributed by atoms with Gasteiger partial charge in [0.1, 0.15) is 12.4 Å². The third-order valence-electron chi connectivity index (χ3n) is 5.85. The molecule has 1 aromatic heterocycles. The summed E-state index contributed by atoms with van der Waals surface area (Å²) >= 11 is 0. The molecule has 1 aliphatic rings. The lowest BCUT2D eigenvalue weighted by Gasteiger charge is -2.23. The number of fused-ring (bicyclic) bond motifs is 1. The normalized spacial score (nSPS) is 14.9. The first kappa shape index (κ1) is 25.4. The Hall–Kier alpha value is -1.84. The highest BCUT2D eigenvalue weighted by atomic mass is 127. The Kier molecular flexibility index (Phi) is 10.6. The number of imidazole rings is 1. The molecule has 0 bridgehead atoms. The maximum Gasteiger partial charge on any atom is 0.243 e. The van der Waals surface area contributed by atoms with Crippen molar-refractivity contribution < 1.29 is 4.79 Å². The number of likely N-dealkylation sites (N-methyl/N-ethyl adjacent to an activating group) is 1. The standard InChI is InChI=1S/C23H36N6O.HI/c1-18-27-20-12-7-8-13-21(20)29(18)15-9-14-24-23(26-17-22(30)28(2)3)25-16-19-10-5-4-6-11-19;/h7-8,12-13,19H,4-6,9-11,14-17H2,1-3H3,(H2,24,25,26);1H. The topological polar surface area (TPSA) is 74.5 Å². The summed E-state index contributed by atoms with van der Waals surface area (Å²) in [7, 11) is 3.52. The van der Waals surface area contributed by atoms with Gasteiger partial charge in [-0.25, -0.2) is 9.98 Å². The fourth-order valence-corrected chi connectivity index (χ4v) is 4.02. The van der Waals surface area contributed by atoms with Gasteiger partial charge in [0.2, 0.25) is 5.91 Å². The van der Waals surface area contributed by atoms with Crippen molar-refractivity contribution in [3.8, 4) is 0 Å². The van der Waals surface area contributed by atoms with Gasteiger partial charge in [0, 0.05) is 33.7 Å². The predicted octanol–water partition coefficient (Wildman–Crippen LogP) is 3.56. The Morgan fingerprint density at radius 2 is 1.94 bits per heavy atom. The monoisotopic (exact) mass is 540 g/mol. The quantitative estimate of drug-likeness (QED) is 0.233. The zero-order valence-corrected chi connectivity index (χ0v) is 21.4. The van der Waals surface area contributed by atoms with E-state index >= 15 is 0 Å². The van der Waals surface area contributed by atoms with Crippen LogP contribution in [-0.4, -0.2) is 60.0 Å². The summed E-state index contributed by atoms with van der Waals surface area (Å²) in [5.41, 5.74) is 2.22. The van der Waals surface area contributed by atoms with Crippen molar-refractivity contribution in [2.24, 2.45) is 10.9 Å². The van der Waals surface area contributed by atoms with Gasteiger partial charge in [-0.3, -0.25) is 4.79 Å². The molecule has 3 rings (SSSR count). The van der Waals surface area contributed by atoms with Crippen LogP contribution in [0.25, 0.3) is 11.0 Å². The van der Waals surface area contributed by atoms with E-state index in [-0.39, 0.29) is 36.4 Å². The zero-order chi connectivity index (χ0) is 21.3. The molecule has 0 saturated heterocycles. The number of halogens is 1. The number of rotatable bonds is 8. The first-order chi connectivity index (χ1) is 14.5. The number of carbonyl (C=O) groups is 1. The molecule has 31 heavy (non-hydrogen) atoms. The fourth-order valence-electron chi connectivity index (χ4n) is 4.02. The van der Waals surface area contributed by atoms with E-state index < -0.39 is 0 Å². The SMILES string of the molecule is Cc1nc2ccccc2n1CCCNC(=NCC(=O)N(C)C)NCC1CCCCC1.I. The Bertz CT molecular complexity index is 857. The molecule has 1 saturated carbocycles. The first-order valence-corrected chi connectivity index (χ1v) is 11.2. The maximum absolute atomic E-state index is 12.0. The summed E-state index contributed by atoms with van der Waals surface area (Å²) in [4.78, 5) is 22.7. The number of aromatic nitrogens is 2. The summed E-state index contributed by atoms with van der Waals surface area (Å²) in [6, 6.07) is 8.25. The van der Waals surface area contributed by atoms with E-state index in [1.807, 2.05) is 6.07 Å². The number of guanidine groups is 1. The van der Waals surface area contributed by atoms with Gasteiger partial charge >= 0.3 is 0 Å². The van der Waals surface area contributed by atoms with Crippen molar-refractivity contribution in [2.75, 3.05) is 33.7 Å². The lowest BCUT2D eigenvalue weighted by molar-refractivity contribution is -0.127. The van der Waals surface area contributed by atoms with Crippen molar-refractivity contribution >= 4 is 46.9 Å². The fraction of sp³-hybridized carbons (Fsp3) is 0.609. The zero-order valence-electron chi connectivity index (χ0n) is 19.1. The van der Waals surface area contributed by atoms with Crippen LogP contribution in [0, 0.1) is 12.8 Å². The molecule has 0 unspecified atom stereocenters. The van der Waals surface area contributed by atoms with E-state index in [2.05, 4.69) is 50.3 Å². The number of aryl methyl sites for hydroxylation is 2. The van der Waals surface area contributed by atoms with Crippen LogP contribution in [0.5, 0.6) is 0 Å². The number of aliphatic imine (C=N–C) groups is 1. The summed E-state index contributed by atoms with van der Waals surface area (Å²) in [5.74, 6) is 2.49. The molecule has 7 nitrogen and oxygen atoms in total. The van der Waals surface area contributed by atoms with Crippen LogP contribution in [0.1, 0.15) is 44.3 Å². The van der Waals surface area contributed by atoms with Gasteiger partial charge in [-0.05, 0) is 44.2 Å².